The van der Waals surface area contributed by atoms with Crippen molar-refractivity contribution in [1.82, 2.24) is 14.9 Å². The predicted octanol–water partition coefficient (Wildman–Crippen LogP) is 5.18. The van der Waals surface area contributed by atoms with E-state index in [0.29, 0.717) is 4.77 Å². The lowest BCUT2D eigenvalue weighted by Gasteiger charge is -2.05. The van der Waals surface area contributed by atoms with Crippen LogP contribution in [0.2, 0.25) is 0 Å². The van der Waals surface area contributed by atoms with Crippen molar-refractivity contribution in [1.29, 1.82) is 0 Å². The van der Waals surface area contributed by atoms with Crippen LogP contribution in [0.25, 0.3) is 0 Å². The third-order valence-corrected chi connectivity index (χ3v) is 4.68. The van der Waals surface area contributed by atoms with Crippen LogP contribution in [0.1, 0.15) is 43.1 Å². The standard InChI is InChI=1S/C22H26N4OS/c1-2-3-7-16-27-20-13-10-19(11-14-20)17-23-26-21(24-25-22(26)28)15-12-18-8-5-4-6-9-18/h4-6,8-11,13-14,17H,2-3,7,12,15-16H2,1H3,(H,25,28)/b23-17-. The molecular weight excluding hydrogens is 368 g/mol. The van der Waals surface area contributed by atoms with E-state index >= 15 is 0 Å². The van der Waals surface area contributed by atoms with Crippen molar-refractivity contribution >= 4 is 18.4 Å². The van der Waals surface area contributed by atoms with Gasteiger partial charge in [0.05, 0.1) is 12.8 Å². The molecule has 3 rings (SSSR count). The molecule has 0 bridgehead atoms. The van der Waals surface area contributed by atoms with Crippen molar-refractivity contribution in [3.63, 3.8) is 0 Å². The highest BCUT2D eigenvalue weighted by atomic mass is 32.1. The van der Waals surface area contributed by atoms with Gasteiger partial charge in [-0.2, -0.15) is 14.9 Å². The lowest BCUT2D eigenvalue weighted by Crippen LogP contribution is -2.01. The Kier molecular flexibility index (Phi) is 7.55. The normalized spacial score (nSPS) is 11.2. The molecule has 0 fully saturated rings. The summed E-state index contributed by atoms with van der Waals surface area (Å²) in [5.74, 6) is 1.71. The van der Waals surface area contributed by atoms with Gasteiger partial charge in [0, 0.05) is 6.42 Å². The minimum Gasteiger partial charge on any atom is -0.494 e. The van der Waals surface area contributed by atoms with E-state index in [9.17, 15) is 0 Å². The Balaban J connectivity index is 1.61. The minimum absolute atomic E-state index is 0.496. The van der Waals surface area contributed by atoms with Gasteiger partial charge in [-0.1, -0.05) is 50.1 Å². The number of H-pyrrole nitrogens is 1. The van der Waals surface area contributed by atoms with E-state index in [-0.39, 0.29) is 0 Å². The fourth-order valence-corrected chi connectivity index (χ4v) is 3.02. The van der Waals surface area contributed by atoms with E-state index in [1.807, 2.05) is 42.5 Å². The summed E-state index contributed by atoms with van der Waals surface area (Å²) in [6, 6.07) is 18.3. The van der Waals surface area contributed by atoms with Crippen molar-refractivity contribution in [2.24, 2.45) is 5.10 Å². The summed E-state index contributed by atoms with van der Waals surface area (Å²) >= 11 is 5.32. The molecule has 0 radical (unpaired) electrons. The summed E-state index contributed by atoms with van der Waals surface area (Å²) in [7, 11) is 0. The Morgan fingerprint density at radius 1 is 1.07 bits per heavy atom. The van der Waals surface area contributed by atoms with Crippen LogP contribution in [0.15, 0.2) is 59.7 Å². The molecule has 1 heterocycles. The number of ether oxygens (including phenoxy) is 1. The highest BCUT2D eigenvalue weighted by Gasteiger charge is 2.05. The molecule has 5 nitrogen and oxygen atoms in total. The molecule has 6 heteroatoms. The van der Waals surface area contributed by atoms with Gasteiger partial charge in [0.15, 0.2) is 5.82 Å². The van der Waals surface area contributed by atoms with Crippen LogP contribution in [0.4, 0.5) is 0 Å². The Bertz CT molecular complexity index is 929. The molecule has 0 amide bonds. The Morgan fingerprint density at radius 3 is 2.61 bits per heavy atom. The quantitative estimate of drug-likeness (QED) is 0.293. The summed E-state index contributed by atoms with van der Waals surface area (Å²) in [6.07, 6.45) is 6.92. The molecule has 28 heavy (non-hydrogen) atoms. The number of aromatic amines is 1. The number of unbranched alkanes of at least 4 members (excludes halogenated alkanes) is 2. The fraction of sp³-hybridized carbons (Fsp3) is 0.318. The maximum Gasteiger partial charge on any atom is 0.216 e. The fourth-order valence-electron chi connectivity index (χ4n) is 2.82. The SMILES string of the molecule is CCCCCOc1ccc(/C=N\n2c(CCc3ccccc3)n[nH]c2=S)cc1. The van der Waals surface area contributed by atoms with E-state index < -0.39 is 0 Å². The zero-order chi connectivity index (χ0) is 19.6. The number of hydrogen-bond donors (Lipinski definition) is 1. The van der Waals surface area contributed by atoms with Crippen molar-refractivity contribution in [2.45, 2.75) is 39.0 Å². The lowest BCUT2D eigenvalue weighted by atomic mass is 10.1. The van der Waals surface area contributed by atoms with E-state index in [2.05, 4.69) is 34.4 Å². The maximum absolute atomic E-state index is 5.74. The first-order valence-electron chi connectivity index (χ1n) is 9.73. The first-order chi connectivity index (χ1) is 13.8. The van der Waals surface area contributed by atoms with Gasteiger partial charge in [0.25, 0.3) is 0 Å². The largest absolute Gasteiger partial charge is 0.494 e. The van der Waals surface area contributed by atoms with Gasteiger partial charge in [-0.3, -0.25) is 5.10 Å². The number of nitrogens with one attached hydrogen (secondary N) is 1. The zero-order valence-corrected chi connectivity index (χ0v) is 17.0. The smallest absolute Gasteiger partial charge is 0.216 e. The van der Waals surface area contributed by atoms with Crippen molar-refractivity contribution in [3.05, 3.63) is 76.3 Å². The number of hydrogen-bond acceptors (Lipinski definition) is 4. The van der Waals surface area contributed by atoms with Crippen LogP contribution >= 0.6 is 12.2 Å². The first kappa shape index (κ1) is 20.0. The van der Waals surface area contributed by atoms with Crippen LogP contribution in [0.3, 0.4) is 0 Å². The van der Waals surface area contributed by atoms with E-state index in [1.54, 1.807) is 10.9 Å². The number of benzene rings is 2. The second kappa shape index (κ2) is 10.6. The van der Waals surface area contributed by atoms with Crippen LogP contribution in [0, 0.1) is 4.77 Å². The lowest BCUT2D eigenvalue weighted by molar-refractivity contribution is 0.306. The third kappa shape index (κ3) is 5.89. The molecule has 0 saturated carbocycles. The summed E-state index contributed by atoms with van der Waals surface area (Å²) in [4.78, 5) is 0. The highest BCUT2D eigenvalue weighted by Crippen LogP contribution is 2.12. The molecule has 2 aromatic carbocycles. The molecule has 0 atom stereocenters. The van der Waals surface area contributed by atoms with Crippen LogP contribution in [-0.4, -0.2) is 27.7 Å². The molecule has 0 aliphatic heterocycles. The van der Waals surface area contributed by atoms with Crippen LogP contribution in [0.5, 0.6) is 5.75 Å². The van der Waals surface area contributed by atoms with Crippen LogP contribution < -0.4 is 4.74 Å². The molecule has 0 unspecified atom stereocenters. The molecule has 0 spiro atoms. The Morgan fingerprint density at radius 2 is 1.86 bits per heavy atom. The molecule has 1 N–H and O–H groups in total. The average molecular weight is 395 g/mol. The molecule has 3 aromatic rings. The average Bonchev–Trinajstić information content (AvgIpc) is 3.09. The Labute approximate surface area is 171 Å². The van der Waals surface area contributed by atoms with Crippen molar-refractivity contribution in [3.8, 4) is 5.75 Å². The second-order valence-corrected chi connectivity index (χ2v) is 7.00. The van der Waals surface area contributed by atoms with Gasteiger partial charge < -0.3 is 4.74 Å². The van der Waals surface area contributed by atoms with Crippen molar-refractivity contribution < 1.29 is 4.74 Å². The molecule has 0 saturated heterocycles. The number of nitrogens with zero attached hydrogens (tertiary/aromatic N) is 3. The summed E-state index contributed by atoms with van der Waals surface area (Å²) in [5.41, 5.74) is 2.25. The first-order valence-corrected chi connectivity index (χ1v) is 10.1. The van der Waals surface area contributed by atoms with E-state index in [4.69, 9.17) is 17.0 Å². The van der Waals surface area contributed by atoms with Crippen LogP contribution in [-0.2, 0) is 12.8 Å². The topological polar surface area (TPSA) is 55.2 Å². The highest BCUT2D eigenvalue weighted by molar-refractivity contribution is 7.71. The summed E-state index contributed by atoms with van der Waals surface area (Å²) in [6.45, 7) is 2.95. The van der Waals surface area contributed by atoms with Gasteiger partial charge in [0.1, 0.15) is 5.75 Å². The summed E-state index contributed by atoms with van der Waals surface area (Å²) < 4.78 is 7.93. The van der Waals surface area contributed by atoms with Gasteiger partial charge in [-0.15, -0.1) is 0 Å². The number of aromatic nitrogens is 3. The number of rotatable bonds is 10. The van der Waals surface area contributed by atoms with Gasteiger partial charge in [-0.05, 0) is 60.5 Å². The molecular formula is C22H26N4OS. The number of aryl methyl sites for hydroxylation is 2. The zero-order valence-electron chi connectivity index (χ0n) is 16.2. The third-order valence-electron chi connectivity index (χ3n) is 4.42. The second-order valence-electron chi connectivity index (χ2n) is 6.61. The van der Waals surface area contributed by atoms with E-state index in [0.717, 1.165) is 43.0 Å². The molecule has 146 valence electrons. The Hall–Kier alpha value is -2.73. The summed E-state index contributed by atoms with van der Waals surface area (Å²) in [5, 5.41) is 11.7. The molecule has 0 aliphatic rings. The monoisotopic (exact) mass is 394 g/mol. The van der Waals surface area contributed by atoms with Gasteiger partial charge >= 0.3 is 0 Å². The molecule has 0 aliphatic carbocycles. The maximum atomic E-state index is 5.74. The minimum atomic E-state index is 0.496. The van der Waals surface area contributed by atoms with E-state index in [1.165, 1.54) is 18.4 Å². The van der Waals surface area contributed by atoms with Gasteiger partial charge in [0.2, 0.25) is 4.77 Å². The molecule has 1 aromatic heterocycles. The predicted molar refractivity (Wildman–Crippen MR) is 116 cm³/mol. The van der Waals surface area contributed by atoms with Crippen molar-refractivity contribution in [2.75, 3.05) is 6.61 Å². The van der Waals surface area contributed by atoms with Gasteiger partial charge in [-0.25, -0.2) is 0 Å².